The van der Waals surface area contributed by atoms with Crippen LogP contribution in [0.4, 0.5) is 17.1 Å². The zero-order chi connectivity index (χ0) is 14.7. The molecule has 6 heteroatoms. The molecule has 0 radical (unpaired) electrons. The van der Waals surface area contributed by atoms with E-state index in [0.29, 0.717) is 32.9 Å². The van der Waals surface area contributed by atoms with Crippen molar-refractivity contribution in [3.8, 4) is 11.5 Å². The molecule has 0 saturated heterocycles. The summed E-state index contributed by atoms with van der Waals surface area (Å²) in [6, 6.07) is 8.66. The summed E-state index contributed by atoms with van der Waals surface area (Å²) in [7, 11) is 3.17. The second-order valence-electron chi connectivity index (χ2n) is 4.05. The lowest BCUT2D eigenvalue weighted by atomic mass is 10.2. The lowest BCUT2D eigenvalue weighted by Gasteiger charge is -2.15. The molecule has 4 nitrogen and oxygen atoms in total. The molecule has 0 saturated carbocycles. The van der Waals surface area contributed by atoms with Gasteiger partial charge in [0.05, 0.1) is 35.6 Å². The summed E-state index contributed by atoms with van der Waals surface area (Å²) < 4.78 is 10.5. The molecule has 2 aromatic rings. The van der Waals surface area contributed by atoms with Crippen molar-refractivity contribution in [3.63, 3.8) is 0 Å². The first-order valence-corrected chi connectivity index (χ1v) is 6.54. The minimum absolute atomic E-state index is 0.438. The molecule has 106 valence electrons. The number of ether oxygens (including phenoxy) is 2. The van der Waals surface area contributed by atoms with E-state index in [9.17, 15) is 0 Å². The highest BCUT2D eigenvalue weighted by atomic mass is 35.5. The van der Waals surface area contributed by atoms with E-state index in [0.717, 1.165) is 5.69 Å². The van der Waals surface area contributed by atoms with E-state index in [4.69, 9.17) is 38.4 Å². The Morgan fingerprint density at radius 3 is 2.20 bits per heavy atom. The molecule has 20 heavy (non-hydrogen) atoms. The summed E-state index contributed by atoms with van der Waals surface area (Å²) in [6.07, 6.45) is 0. The fourth-order valence-electron chi connectivity index (χ4n) is 1.75. The van der Waals surface area contributed by atoms with Gasteiger partial charge < -0.3 is 20.5 Å². The third-order valence-electron chi connectivity index (χ3n) is 2.73. The molecule has 0 fully saturated rings. The van der Waals surface area contributed by atoms with Gasteiger partial charge in [-0.15, -0.1) is 0 Å². The van der Waals surface area contributed by atoms with Crippen LogP contribution in [0.3, 0.4) is 0 Å². The summed E-state index contributed by atoms with van der Waals surface area (Å²) in [5, 5.41) is 4.01. The highest BCUT2D eigenvalue weighted by Crippen LogP contribution is 2.38. The summed E-state index contributed by atoms with van der Waals surface area (Å²) in [5.41, 5.74) is 7.48. The van der Waals surface area contributed by atoms with Gasteiger partial charge in [0.15, 0.2) is 0 Å². The molecule has 0 atom stereocenters. The van der Waals surface area contributed by atoms with Crippen LogP contribution in [0.2, 0.25) is 10.0 Å². The Hall–Kier alpha value is -1.78. The van der Waals surface area contributed by atoms with Crippen LogP contribution in [0.15, 0.2) is 30.3 Å². The topological polar surface area (TPSA) is 56.5 Å². The summed E-state index contributed by atoms with van der Waals surface area (Å²) in [4.78, 5) is 0. The van der Waals surface area contributed by atoms with Crippen molar-refractivity contribution in [2.45, 2.75) is 0 Å². The van der Waals surface area contributed by atoms with E-state index in [1.54, 1.807) is 32.4 Å². The molecule has 0 aliphatic rings. The molecule has 0 spiro atoms. The second kappa shape index (κ2) is 6.11. The van der Waals surface area contributed by atoms with Gasteiger partial charge in [0.1, 0.15) is 11.5 Å². The van der Waals surface area contributed by atoms with Gasteiger partial charge in [-0.2, -0.15) is 0 Å². The standard InChI is InChI=1S/C14H14Cl2N2O2/c1-19-9-3-4-12(13(7-9)20-2)18-14-10(15)5-8(17)6-11(14)16/h3-7,18H,17H2,1-2H3. The normalized spacial score (nSPS) is 10.2. The smallest absolute Gasteiger partial charge is 0.145 e. The largest absolute Gasteiger partial charge is 0.497 e. The van der Waals surface area contributed by atoms with Gasteiger partial charge in [-0.1, -0.05) is 23.2 Å². The van der Waals surface area contributed by atoms with Gasteiger partial charge in [-0.25, -0.2) is 0 Å². The van der Waals surface area contributed by atoms with Crippen LogP contribution in [0.5, 0.6) is 11.5 Å². The quantitative estimate of drug-likeness (QED) is 0.825. The first kappa shape index (κ1) is 14.6. The number of nitrogens with one attached hydrogen (secondary N) is 1. The molecule has 0 aliphatic heterocycles. The van der Waals surface area contributed by atoms with Gasteiger partial charge in [-0.05, 0) is 24.3 Å². The minimum Gasteiger partial charge on any atom is -0.497 e. The maximum absolute atomic E-state index is 6.15. The third-order valence-corrected chi connectivity index (χ3v) is 3.33. The summed E-state index contributed by atoms with van der Waals surface area (Å²) >= 11 is 12.3. The van der Waals surface area contributed by atoms with E-state index in [2.05, 4.69) is 5.32 Å². The zero-order valence-corrected chi connectivity index (χ0v) is 12.5. The molecule has 0 unspecified atom stereocenters. The van der Waals surface area contributed by atoms with E-state index in [1.807, 2.05) is 12.1 Å². The van der Waals surface area contributed by atoms with Gasteiger partial charge in [0, 0.05) is 11.8 Å². The summed E-state index contributed by atoms with van der Waals surface area (Å²) in [6.45, 7) is 0. The van der Waals surface area contributed by atoms with E-state index >= 15 is 0 Å². The average Bonchev–Trinajstić information content (AvgIpc) is 2.42. The second-order valence-corrected chi connectivity index (χ2v) is 4.87. The van der Waals surface area contributed by atoms with Crippen molar-refractivity contribution < 1.29 is 9.47 Å². The lowest BCUT2D eigenvalue weighted by molar-refractivity contribution is 0.395. The van der Waals surface area contributed by atoms with E-state index in [-0.39, 0.29) is 0 Å². The number of hydrogen-bond acceptors (Lipinski definition) is 4. The molecular formula is C14H14Cl2N2O2. The molecule has 3 N–H and O–H groups in total. The Morgan fingerprint density at radius 1 is 1.00 bits per heavy atom. The minimum atomic E-state index is 0.438. The summed E-state index contributed by atoms with van der Waals surface area (Å²) in [5.74, 6) is 1.32. The Labute approximate surface area is 127 Å². The number of nitrogen functional groups attached to an aromatic ring is 1. The zero-order valence-electron chi connectivity index (χ0n) is 11.0. The lowest BCUT2D eigenvalue weighted by Crippen LogP contribution is -1.97. The number of halogens is 2. The first-order valence-electron chi connectivity index (χ1n) is 5.78. The SMILES string of the molecule is COc1ccc(Nc2c(Cl)cc(N)cc2Cl)c(OC)c1. The van der Waals surface area contributed by atoms with E-state index in [1.165, 1.54) is 0 Å². The number of nitrogens with two attached hydrogens (primary N) is 1. The van der Waals surface area contributed by atoms with Gasteiger partial charge in [0.25, 0.3) is 0 Å². The van der Waals surface area contributed by atoms with Crippen LogP contribution in [0, 0.1) is 0 Å². The molecule has 0 amide bonds. The van der Waals surface area contributed by atoms with E-state index < -0.39 is 0 Å². The monoisotopic (exact) mass is 312 g/mol. The fraction of sp³-hybridized carbons (Fsp3) is 0.143. The molecule has 0 heterocycles. The van der Waals surface area contributed by atoms with Gasteiger partial charge in [0.2, 0.25) is 0 Å². The predicted molar refractivity (Wildman–Crippen MR) is 83.7 cm³/mol. The van der Waals surface area contributed by atoms with Crippen molar-refractivity contribution in [3.05, 3.63) is 40.4 Å². The van der Waals surface area contributed by atoms with Crippen LogP contribution < -0.4 is 20.5 Å². The fourth-order valence-corrected chi connectivity index (χ4v) is 2.35. The Balaban J connectivity index is 2.40. The molecular weight excluding hydrogens is 299 g/mol. The molecule has 0 aliphatic carbocycles. The molecule has 0 bridgehead atoms. The number of methoxy groups -OCH3 is 2. The number of hydrogen-bond donors (Lipinski definition) is 2. The predicted octanol–water partition coefficient (Wildman–Crippen LogP) is 4.34. The highest BCUT2D eigenvalue weighted by Gasteiger charge is 2.11. The third kappa shape index (κ3) is 3.03. The van der Waals surface area contributed by atoms with Crippen molar-refractivity contribution in [2.24, 2.45) is 0 Å². The van der Waals surface area contributed by atoms with Crippen molar-refractivity contribution >= 4 is 40.3 Å². The van der Waals surface area contributed by atoms with Crippen molar-refractivity contribution in [2.75, 3.05) is 25.3 Å². The number of anilines is 3. The van der Waals surface area contributed by atoms with Crippen LogP contribution in [-0.4, -0.2) is 14.2 Å². The maximum Gasteiger partial charge on any atom is 0.145 e. The Morgan fingerprint density at radius 2 is 1.65 bits per heavy atom. The van der Waals surface area contributed by atoms with Crippen LogP contribution in [0.1, 0.15) is 0 Å². The maximum atomic E-state index is 6.15. The van der Waals surface area contributed by atoms with Gasteiger partial charge in [-0.3, -0.25) is 0 Å². The number of benzene rings is 2. The molecule has 2 rings (SSSR count). The van der Waals surface area contributed by atoms with Gasteiger partial charge >= 0.3 is 0 Å². The average molecular weight is 313 g/mol. The molecule has 0 aromatic heterocycles. The highest BCUT2D eigenvalue weighted by molar-refractivity contribution is 6.39. The van der Waals surface area contributed by atoms with Crippen LogP contribution >= 0.6 is 23.2 Å². The molecule has 2 aromatic carbocycles. The Kier molecular flexibility index (Phi) is 4.47. The Bertz CT molecular complexity index is 610. The first-order chi connectivity index (χ1) is 9.55. The van der Waals surface area contributed by atoms with Crippen molar-refractivity contribution in [1.82, 2.24) is 0 Å². The van der Waals surface area contributed by atoms with Crippen LogP contribution in [0.25, 0.3) is 0 Å². The van der Waals surface area contributed by atoms with Crippen LogP contribution in [-0.2, 0) is 0 Å². The number of rotatable bonds is 4. The van der Waals surface area contributed by atoms with Crippen molar-refractivity contribution in [1.29, 1.82) is 0 Å².